The summed E-state index contributed by atoms with van der Waals surface area (Å²) in [5, 5.41) is 0. The standard InChI is InChI=1S/C14H20N2O3/c1-14(2,3)13(18)16-15-12(17)11(19-4)10-8-6-5-7-9-10/h5-9,11H,1-4H3,(H,15,17)(H,16,18)/t11-/m1/s1. The van der Waals surface area contributed by atoms with E-state index in [1.165, 1.54) is 7.11 Å². The molecular weight excluding hydrogens is 244 g/mol. The van der Waals surface area contributed by atoms with Crippen molar-refractivity contribution in [3.8, 4) is 0 Å². The summed E-state index contributed by atoms with van der Waals surface area (Å²) in [7, 11) is 1.45. The molecule has 2 amide bonds. The third kappa shape index (κ3) is 4.37. The minimum Gasteiger partial charge on any atom is -0.367 e. The Hall–Kier alpha value is -1.88. The lowest BCUT2D eigenvalue weighted by atomic mass is 9.96. The number of nitrogens with one attached hydrogen (secondary N) is 2. The van der Waals surface area contributed by atoms with E-state index in [9.17, 15) is 9.59 Å². The van der Waals surface area contributed by atoms with Gasteiger partial charge in [-0.05, 0) is 5.56 Å². The number of benzene rings is 1. The largest absolute Gasteiger partial charge is 0.367 e. The number of methoxy groups -OCH3 is 1. The molecule has 1 aromatic rings. The van der Waals surface area contributed by atoms with Crippen LogP contribution in [0.25, 0.3) is 0 Å². The van der Waals surface area contributed by atoms with E-state index in [0.717, 1.165) is 5.56 Å². The number of ether oxygens (including phenoxy) is 1. The Morgan fingerprint density at radius 1 is 1.11 bits per heavy atom. The van der Waals surface area contributed by atoms with Gasteiger partial charge in [-0.25, -0.2) is 0 Å². The first-order valence-corrected chi connectivity index (χ1v) is 6.04. The van der Waals surface area contributed by atoms with Gasteiger partial charge in [0.1, 0.15) is 0 Å². The highest BCUT2D eigenvalue weighted by Gasteiger charge is 2.24. The van der Waals surface area contributed by atoms with Crippen LogP contribution in [0.1, 0.15) is 32.4 Å². The third-order valence-electron chi connectivity index (χ3n) is 2.56. The first kappa shape index (κ1) is 15.2. The molecule has 0 unspecified atom stereocenters. The molecule has 0 spiro atoms. The SMILES string of the molecule is CO[C@@H](C(=O)NNC(=O)C(C)(C)C)c1ccccc1. The van der Waals surface area contributed by atoms with E-state index in [-0.39, 0.29) is 5.91 Å². The average Bonchev–Trinajstić information content (AvgIpc) is 2.37. The van der Waals surface area contributed by atoms with Gasteiger partial charge < -0.3 is 4.74 Å². The monoisotopic (exact) mass is 264 g/mol. The number of amides is 2. The van der Waals surface area contributed by atoms with Crippen molar-refractivity contribution in [2.45, 2.75) is 26.9 Å². The van der Waals surface area contributed by atoms with Gasteiger partial charge in [-0.2, -0.15) is 0 Å². The van der Waals surface area contributed by atoms with Crippen molar-refractivity contribution in [3.05, 3.63) is 35.9 Å². The highest BCUT2D eigenvalue weighted by molar-refractivity contribution is 5.87. The van der Waals surface area contributed by atoms with Crippen molar-refractivity contribution >= 4 is 11.8 Å². The zero-order valence-corrected chi connectivity index (χ0v) is 11.7. The predicted octanol–water partition coefficient (Wildman–Crippen LogP) is 1.57. The molecule has 0 saturated carbocycles. The maximum atomic E-state index is 12.0. The lowest BCUT2D eigenvalue weighted by Crippen LogP contribution is -2.48. The lowest BCUT2D eigenvalue weighted by molar-refractivity contribution is -0.138. The van der Waals surface area contributed by atoms with Crippen molar-refractivity contribution in [1.29, 1.82) is 0 Å². The van der Waals surface area contributed by atoms with E-state index in [4.69, 9.17) is 4.74 Å². The molecule has 0 aliphatic heterocycles. The molecule has 0 aromatic heterocycles. The molecule has 0 saturated heterocycles. The zero-order chi connectivity index (χ0) is 14.5. The fourth-order valence-electron chi connectivity index (χ4n) is 1.39. The van der Waals surface area contributed by atoms with E-state index < -0.39 is 17.4 Å². The Morgan fingerprint density at radius 3 is 2.16 bits per heavy atom. The van der Waals surface area contributed by atoms with Gasteiger partial charge in [0.2, 0.25) is 5.91 Å². The summed E-state index contributed by atoms with van der Waals surface area (Å²) in [6, 6.07) is 9.08. The summed E-state index contributed by atoms with van der Waals surface area (Å²) in [5.74, 6) is -0.671. The Morgan fingerprint density at radius 2 is 1.68 bits per heavy atom. The van der Waals surface area contributed by atoms with Crippen molar-refractivity contribution < 1.29 is 14.3 Å². The number of hydrogen-bond acceptors (Lipinski definition) is 3. The molecule has 5 nitrogen and oxygen atoms in total. The first-order chi connectivity index (χ1) is 8.86. The van der Waals surface area contributed by atoms with Crippen LogP contribution in [-0.4, -0.2) is 18.9 Å². The fourth-order valence-corrected chi connectivity index (χ4v) is 1.39. The molecule has 1 rings (SSSR count). The molecule has 1 atom stereocenters. The Bertz CT molecular complexity index is 438. The van der Waals surface area contributed by atoms with Gasteiger partial charge in [-0.3, -0.25) is 20.4 Å². The van der Waals surface area contributed by atoms with E-state index in [2.05, 4.69) is 10.9 Å². The number of carbonyl (C=O) groups is 2. The number of hydrazine groups is 1. The minimum atomic E-state index is -0.749. The normalized spacial score (nSPS) is 12.6. The maximum absolute atomic E-state index is 12.0. The van der Waals surface area contributed by atoms with Crippen LogP contribution >= 0.6 is 0 Å². The van der Waals surface area contributed by atoms with Gasteiger partial charge >= 0.3 is 0 Å². The van der Waals surface area contributed by atoms with Crippen LogP contribution in [0, 0.1) is 5.41 Å². The summed E-state index contributed by atoms with van der Waals surface area (Å²) in [5.41, 5.74) is 4.93. The van der Waals surface area contributed by atoms with Crippen LogP contribution in [0.2, 0.25) is 0 Å². The van der Waals surface area contributed by atoms with Gasteiger partial charge in [0.15, 0.2) is 6.10 Å². The number of hydrogen-bond donors (Lipinski definition) is 2. The maximum Gasteiger partial charge on any atom is 0.272 e. The topological polar surface area (TPSA) is 67.4 Å². The summed E-state index contributed by atoms with van der Waals surface area (Å²) in [6.45, 7) is 5.29. The summed E-state index contributed by atoms with van der Waals surface area (Å²) < 4.78 is 5.15. The van der Waals surface area contributed by atoms with Gasteiger partial charge in [-0.1, -0.05) is 51.1 Å². The molecule has 104 valence electrons. The second kappa shape index (κ2) is 6.33. The zero-order valence-electron chi connectivity index (χ0n) is 11.7. The molecule has 1 aromatic carbocycles. The van der Waals surface area contributed by atoms with E-state index in [1.807, 2.05) is 18.2 Å². The summed E-state index contributed by atoms with van der Waals surface area (Å²) >= 11 is 0. The smallest absolute Gasteiger partial charge is 0.272 e. The van der Waals surface area contributed by atoms with Gasteiger partial charge in [0.25, 0.3) is 5.91 Å². The van der Waals surface area contributed by atoms with Gasteiger partial charge in [-0.15, -0.1) is 0 Å². The predicted molar refractivity (Wildman–Crippen MR) is 71.9 cm³/mol. The molecule has 2 N–H and O–H groups in total. The minimum absolute atomic E-state index is 0.260. The van der Waals surface area contributed by atoms with Crippen LogP contribution in [0.3, 0.4) is 0 Å². The quantitative estimate of drug-likeness (QED) is 0.814. The first-order valence-electron chi connectivity index (χ1n) is 6.04. The second-order valence-electron chi connectivity index (χ2n) is 5.22. The average molecular weight is 264 g/mol. The van der Waals surface area contributed by atoms with Crippen LogP contribution in [0.5, 0.6) is 0 Å². The lowest BCUT2D eigenvalue weighted by Gasteiger charge is -2.20. The highest BCUT2D eigenvalue weighted by atomic mass is 16.5. The molecule has 0 aliphatic rings. The van der Waals surface area contributed by atoms with Crippen molar-refractivity contribution in [1.82, 2.24) is 10.9 Å². The molecule has 0 radical (unpaired) electrons. The molecule has 5 heteroatoms. The molecule has 0 heterocycles. The molecular formula is C14H20N2O3. The van der Waals surface area contributed by atoms with Gasteiger partial charge in [0, 0.05) is 12.5 Å². The van der Waals surface area contributed by atoms with Crippen LogP contribution in [0.15, 0.2) is 30.3 Å². The second-order valence-corrected chi connectivity index (χ2v) is 5.22. The van der Waals surface area contributed by atoms with Crippen LogP contribution < -0.4 is 10.9 Å². The van der Waals surface area contributed by atoms with Crippen molar-refractivity contribution in [3.63, 3.8) is 0 Å². The van der Waals surface area contributed by atoms with Gasteiger partial charge in [0.05, 0.1) is 0 Å². The number of carbonyl (C=O) groups excluding carboxylic acids is 2. The Balaban J connectivity index is 2.64. The third-order valence-corrected chi connectivity index (χ3v) is 2.56. The van der Waals surface area contributed by atoms with E-state index >= 15 is 0 Å². The highest BCUT2D eigenvalue weighted by Crippen LogP contribution is 2.16. The van der Waals surface area contributed by atoms with Crippen LogP contribution in [-0.2, 0) is 14.3 Å². The van der Waals surface area contributed by atoms with Crippen LogP contribution in [0.4, 0.5) is 0 Å². The summed E-state index contributed by atoms with van der Waals surface area (Å²) in [6.07, 6.45) is -0.749. The van der Waals surface area contributed by atoms with Crippen molar-refractivity contribution in [2.75, 3.05) is 7.11 Å². The van der Waals surface area contributed by atoms with E-state index in [1.54, 1.807) is 32.9 Å². The molecule has 0 fully saturated rings. The molecule has 0 bridgehead atoms. The fraction of sp³-hybridized carbons (Fsp3) is 0.429. The molecule has 0 aliphatic carbocycles. The Kier molecular flexibility index (Phi) is 5.06. The number of rotatable bonds is 3. The molecule has 19 heavy (non-hydrogen) atoms. The van der Waals surface area contributed by atoms with Crippen molar-refractivity contribution in [2.24, 2.45) is 5.41 Å². The Labute approximate surface area is 113 Å². The van der Waals surface area contributed by atoms with E-state index in [0.29, 0.717) is 0 Å². The summed E-state index contributed by atoms with van der Waals surface area (Å²) in [4.78, 5) is 23.6.